The Kier molecular flexibility index (Phi) is 6.52. The largest absolute Gasteiger partial charge is 0.383 e. The normalized spacial score (nSPS) is 13.7. The summed E-state index contributed by atoms with van der Waals surface area (Å²) in [5.74, 6) is -0.00185. The summed E-state index contributed by atoms with van der Waals surface area (Å²) in [5, 5.41) is 2.93. The van der Waals surface area contributed by atoms with Gasteiger partial charge in [-0.05, 0) is 20.3 Å². The first-order valence-corrected chi connectivity index (χ1v) is 5.46. The van der Waals surface area contributed by atoms with Crippen LogP contribution in [-0.2, 0) is 9.53 Å². The average Bonchev–Trinajstić information content (AvgIpc) is 2.00. The van der Waals surface area contributed by atoms with Crippen LogP contribution in [0.2, 0.25) is 0 Å². The predicted octanol–water partition coefficient (Wildman–Crippen LogP) is 1.05. The molecule has 0 radical (unpaired) electrons. The molecule has 0 aromatic rings. The van der Waals surface area contributed by atoms with Crippen LogP contribution in [0.5, 0.6) is 0 Å². The number of carbonyl (C=O) groups excluding carboxylic acids is 1. The minimum Gasteiger partial charge on any atom is -0.383 e. The Hall–Kier alpha value is -0.610. The van der Waals surface area contributed by atoms with Crippen LogP contribution in [0.15, 0.2) is 0 Å². The topological polar surface area (TPSA) is 64.3 Å². The van der Waals surface area contributed by atoms with E-state index in [2.05, 4.69) is 12.2 Å². The number of nitrogens with one attached hydrogen (secondary N) is 1. The number of hydrogen-bond acceptors (Lipinski definition) is 3. The number of hydrogen-bond donors (Lipinski definition) is 2. The summed E-state index contributed by atoms with van der Waals surface area (Å²) in [6.45, 7) is 6.34. The minimum atomic E-state index is -0.450. The van der Waals surface area contributed by atoms with Crippen molar-refractivity contribution in [3.8, 4) is 0 Å². The van der Waals surface area contributed by atoms with E-state index in [9.17, 15) is 4.79 Å². The Balaban J connectivity index is 3.99. The summed E-state index contributed by atoms with van der Waals surface area (Å²) >= 11 is 0. The number of carbonyl (C=O) groups is 1. The van der Waals surface area contributed by atoms with E-state index < -0.39 is 5.54 Å². The Morgan fingerprint density at radius 2 is 2.13 bits per heavy atom. The third kappa shape index (κ3) is 8.39. The molecule has 0 aromatic carbocycles. The fraction of sp³-hybridized carbons (Fsp3) is 0.909. The molecular formula is C11H24N2O2. The summed E-state index contributed by atoms with van der Waals surface area (Å²) < 4.78 is 5.04. The van der Waals surface area contributed by atoms with Crippen LogP contribution in [0.1, 0.15) is 40.0 Å². The van der Waals surface area contributed by atoms with Crippen molar-refractivity contribution in [1.82, 2.24) is 5.32 Å². The first-order chi connectivity index (χ1) is 6.89. The first-order valence-electron chi connectivity index (χ1n) is 5.46. The Morgan fingerprint density at radius 3 is 2.53 bits per heavy atom. The highest BCUT2D eigenvalue weighted by Gasteiger charge is 2.18. The van der Waals surface area contributed by atoms with Crippen LogP contribution >= 0.6 is 0 Å². The monoisotopic (exact) mass is 216 g/mol. The van der Waals surface area contributed by atoms with E-state index in [0.717, 1.165) is 12.8 Å². The van der Waals surface area contributed by atoms with Crippen LogP contribution in [0.25, 0.3) is 0 Å². The molecule has 0 aliphatic rings. The molecule has 15 heavy (non-hydrogen) atoms. The first kappa shape index (κ1) is 14.4. The lowest BCUT2D eigenvalue weighted by Crippen LogP contribution is -2.44. The summed E-state index contributed by atoms with van der Waals surface area (Å²) in [5.41, 5.74) is 5.32. The lowest BCUT2D eigenvalue weighted by atomic mass is 10.0. The van der Waals surface area contributed by atoms with E-state index >= 15 is 0 Å². The van der Waals surface area contributed by atoms with Crippen molar-refractivity contribution in [3.63, 3.8) is 0 Å². The van der Waals surface area contributed by atoms with Crippen molar-refractivity contribution in [3.05, 3.63) is 0 Å². The standard InChI is InChI=1S/C11H24N2O2/c1-5-6-9(8-15-4)13-10(14)7-11(2,3)12/h9H,5-8,12H2,1-4H3,(H,13,14). The quantitative estimate of drug-likeness (QED) is 0.668. The van der Waals surface area contributed by atoms with Gasteiger partial charge in [-0.3, -0.25) is 4.79 Å². The number of rotatable bonds is 7. The van der Waals surface area contributed by atoms with Crippen molar-refractivity contribution in [2.24, 2.45) is 5.73 Å². The summed E-state index contributed by atoms with van der Waals surface area (Å²) in [4.78, 5) is 11.6. The van der Waals surface area contributed by atoms with Gasteiger partial charge in [-0.2, -0.15) is 0 Å². The van der Waals surface area contributed by atoms with E-state index in [1.165, 1.54) is 0 Å². The molecule has 1 atom stereocenters. The smallest absolute Gasteiger partial charge is 0.222 e. The fourth-order valence-corrected chi connectivity index (χ4v) is 1.44. The maximum absolute atomic E-state index is 11.6. The van der Waals surface area contributed by atoms with E-state index in [1.807, 2.05) is 13.8 Å². The molecule has 0 aliphatic heterocycles. The van der Waals surface area contributed by atoms with Gasteiger partial charge < -0.3 is 15.8 Å². The zero-order chi connectivity index (χ0) is 11.9. The summed E-state index contributed by atoms with van der Waals surface area (Å²) in [7, 11) is 1.64. The van der Waals surface area contributed by atoms with Gasteiger partial charge >= 0.3 is 0 Å². The number of methoxy groups -OCH3 is 1. The molecule has 0 aromatic heterocycles. The highest BCUT2D eigenvalue weighted by molar-refractivity contribution is 5.77. The zero-order valence-corrected chi connectivity index (χ0v) is 10.3. The van der Waals surface area contributed by atoms with Crippen LogP contribution in [0.4, 0.5) is 0 Å². The number of amides is 1. The van der Waals surface area contributed by atoms with Crippen LogP contribution in [0.3, 0.4) is 0 Å². The Morgan fingerprint density at radius 1 is 1.53 bits per heavy atom. The second kappa shape index (κ2) is 6.80. The molecule has 3 N–H and O–H groups in total. The molecule has 0 rings (SSSR count). The van der Waals surface area contributed by atoms with Crippen molar-refractivity contribution >= 4 is 5.91 Å². The lowest BCUT2D eigenvalue weighted by molar-refractivity contribution is -0.123. The van der Waals surface area contributed by atoms with E-state index in [1.54, 1.807) is 7.11 Å². The van der Waals surface area contributed by atoms with Gasteiger partial charge in [-0.1, -0.05) is 13.3 Å². The second-order valence-electron chi connectivity index (χ2n) is 4.67. The number of nitrogens with two attached hydrogens (primary N) is 1. The van der Waals surface area contributed by atoms with Crippen LogP contribution in [-0.4, -0.2) is 31.2 Å². The van der Waals surface area contributed by atoms with Gasteiger partial charge in [-0.15, -0.1) is 0 Å². The van der Waals surface area contributed by atoms with Crippen LogP contribution < -0.4 is 11.1 Å². The fourth-order valence-electron chi connectivity index (χ4n) is 1.44. The maximum Gasteiger partial charge on any atom is 0.222 e. The molecule has 0 fully saturated rings. The predicted molar refractivity (Wildman–Crippen MR) is 61.6 cm³/mol. The number of ether oxygens (including phenoxy) is 1. The van der Waals surface area contributed by atoms with Gasteiger partial charge in [-0.25, -0.2) is 0 Å². The third-order valence-electron chi connectivity index (χ3n) is 1.99. The van der Waals surface area contributed by atoms with Gasteiger partial charge in [0.15, 0.2) is 0 Å². The maximum atomic E-state index is 11.6. The highest BCUT2D eigenvalue weighted by Crippen LogP contribution is 2.04. The minimum absolute atomic E-state index is 0.00185. The van der Waals surface area contributed by atoms with Crippen molar-refractivity contribution in [1.29, 1.82) is 0 Å². The molecule has 0 heterocycles. The second-order valence-corrected chi connectivity index (χ2v) is 4.67. The average molecular weight is 216 g/mol. The van der Waals surface area contributed by atoms with E-state index in [-0.39, 0.29) is 11.9 Å². The highest BCUT2D eigenvalue weighted by atomic mass is 16.5. The molecule has 0 saturated carbocycles. The molecule has 4 nitrogen and oxygen atoms in total. The SMILES string of the molecule is CCCC(COC)NC(=O)CC(C)(C)N. The molecule has 90 valence electrons. The Bertz CT molecular complexity index is 182. The molecule has 0 saturated heterocycles. The molecular weight excluding hydrogens is 192 g/mol. The summed E-state index contributed by atoms with van der Waals surface area (Å²) in [6.07, 6.45) is 2.31. The van der Waals surface area contributed by atoms with Gasteiger partial charge in [0.25, 0.3) is 0 Å². The molecule has 0 bridgehead atoms. The molecule has 0 spiro atoms. The molecule has 1 amide bonds. The molecule has 0 aliphatic carbocycles. The van der Waals surface area contributed by atoms with E-state index in [4.69, 9.17) is 10.5 Å². The Labute approximate surface area is 92.6 Å². The molecule has 1 unspecified atom stereocenters. The third-order valence-corrected chi connectivity index (χ3v) is 1.99. The van der Waals surface area contributed by atoms with Gasteiger partial charge in [0.05, 0.1) is 12.6 Å². The van der Waals surface area contributed by atoms with Crippen molar-refractivity contribution in [2.75, 3.05) is 13.7 Å². The van der Waals surface area contributed by atoms with Crippen molar-refractivity contribution in [2.45, 2.75) is 51.6 Å². The lowest BCUT2D eigenvalue weighted by Gasteiger charge is -2.21. The van der Waals surface area contributed by atoms with Gasteiger partial charge in [0.2, 0.25) is 5.91 Å². The molecule has 4 heteroatoms. The van der Waals surface area contributed by atoms with Crippen LogP contribution in [0, 0.1) is 0 Å². The van der Waals surface area contributed by atoms with Gasteiger partial charge in [0, 0.05) is 19.1 Å². The van der Waals surface area contributed by atoms with E-state index in [0.29, 0.717) is 13.0 Å². The summed E-state index contributed by atoms with van der Waals surface area (Å²) in [6, 6.07) is 0.106. The van der Waals surface area contributed by atoms with Gasteiger partial charge in [0.1, 0.15) is 0 Å². The van der Waals surface area contributed by atoms with Crippen molar-refractivity contribution < 1.29 is 9.53 Å². The zero-order valence-electron chi connectivity index (χ0n) is 10.3.